The zero-order valence-corrected chi connectivity index (χ0v) is 11.6. The molecule has 3 nitrogen and oxygen atoms in total. The summed E-state index contributed by atoms with van der Waals surface area (Å²) in [5.41, 5.74) is 0.947. The van der Waals surface area contributed by atoms with Gasteiger partial charge in [0.1, 0.15) is 5.82 Å². The lowest BCUT2D eigenvalue weighted by molar-refractivity contribution is 0.127. The fourth-order valence-corrected chi connectivity index (χ4v) is 3.30. The molecule has 0 saturated carbocycles. The van der Waals surface area contributed by atoms with Crippen LogP contribution in [0.5, 0.6) is 0 Å². The minimum Gasteiger partial charge on any atom is -0.377 e. The van der Waals surface area contributed by atoms with Crippen molar-refractivity contribution in [3.8, 4) is 0 Å². The van der Waals surface area contributed by atoms with Gasteiger partial charge in [-0.3, -0.25) is 0 Å². The number of anilines is 1. The van der Waals surface area contributed by atoms with E-state index in [1.807, 2.05) is 30.9 Å². The smallest absolute Gasteiger partial charge is 0.126 e. The van der Waals surface area contributed by atoms with E-state index in [-0.39, 0.29) is 0 Å². The minimum atomic E-state index is 0.339. The van der Waals surface area contributed by atoms with E-state index in [0.717, 1.165) is 35.3 Å². The standard InChI is InChI=1S/C12H17ClN2OS/c1-8-11(5-6-16-8)17-7-10-9(13)3-4-12(14-2)15-10/h3-4,8,11H,5-7H2,1-2H3,(H,14,15). The molecule has 1 saturated heterocycles. The first kappa shape index (κ1) is 13.0. The fraction of sp³-hybridized carbons (Fsp3) is 0.583. The van der Waals surface area contributed by atoms with Crippen LogP contribution in [0.3, 0.4) is 0 Å². The maximum absolute atomic E-state index is 6.14. The second kappa shape index (κ2) is 5.94. The van der Waals surface area contributed by atoms with Crippen molar-refractivity contribution in [3.05, 3.63) is 22.8 Å². The van der Waals surface area contributed by atoms with Gasteiger partial charge in [-0.1, -0.05) is 11.6 Å². The summed E-state index contributed by atoms with van der Waals surface area (Å²) >= 11 is 8.02. The molecule has 2 heterocycles. The average Bonchev–Trinajstić information content (AvgIpc) is 2.74. The monoisotopic (exact) mass is 272 g/mol. The predicted octanol–water partition coefficient (Wildman–Crippen LogP) is 3.19. The van der Waals surface area contributed by atoms with Gasteiger partial charge in [0, 0.05) is 24.7 Å². The fourth-order valence-electron chi connectivity index (χ4n) is 1.84. The number of nitrogens with one attached hydrogen (secondary N) is 1. The highest BCUT2D eigenvalue weighted by atomic mass is 35.5. The third-order valence-corrected chi connectivity index (χ3v) is 4.75. The molecule has 94 valence electrons. The number of nitrogens with zero attached hydrogens (tertiary/aromatic N) is 1. The van der Waals surface area contributed by atoms with E-state index in [4.69, 9.17) is 16.3 Å². The molecular weight excluding hydrogens is 256 g/mol. The molecule has 0 aliphatic carbocycles. The Labute approximate surface area is 111 Å². The average molecular weight is 273 g/mol. The first-order chi connectivity index (χ1) is 8.20. The van der Waals surface area contributed by atoms with Gasteiger partial charge in [0.15, 0.2) is 0 Å². The summed E-state index contributed by atoms with van der Waals surface area (Å²) in [6.45, 7) is 3.00. The molecule has 1 aromatic rings. The van der Waals surface area contributed by atoms with E-state index in [1.54, 1.807) is 0 Å². The van der Waals surface area contributed by atoms with Gasteiger partial charge in [-0.2, -0.15) is 0 Å². The summed E-state index contributed by atoms with van der Waals surface area (Å²) in [6, 6.07) is 3.78. The van der Waals surface area contributed by atoms with E-state index >= 15 is 0 Å². The van der Waals surface area contributed by atoms with E-state index in [1.165, 1.54) is 0 Å². The van der Waals surface area contributed by atoms with Crippen molar-refractivity contribution in [1.82, 2.24) is 4.98 Å². The Bertz CT molecular complexity index is 389. The van der Waals surface area contributed by atoms with Gasteiger partial charge in [0.05, 0.1) is 16.8 Å². The molecule has 0 spiro atoms. The second-order valence-corrected chi connectivity index (χ2v) is 5.72. The number of hydrogen-bond donors (Lipinski definition) is 1. The Morgan fingerprint density at radius 2 is 2.41 bits per heavy atom. The largest absolute Gasteiger partial charge is 0.377 e. The Morgan fingerprint density at radius 1 is 1.59 bits per heavy atom. The summed E-state index contributed by atoms with van der Waals surface area (Å²) in [5, 5.41) is 4.33. The van der Waals surface area contributed by atoms with Crippen LogP contribution in [0.1, 0.15) is 19.0 Å². The van der Waals surface area contributed by atoms with Crippen LogP contribution < -0.4 is 5.32 Å². The van der Waals surface area contributed by atoms with Crippen molar-refractivity contribution in [2.45, 2.75) is 30.5 Å². The highest BCUT2D eigenvalue weighted by Crippen LogP contribution is 2.30. The summed E-state index contributed by atoms with van der Waals surface area (Å²) in [7, 11) is 1.86. The van der Waals surface area contributed by atoms with Crippen LogP contribution >= 0.6 is 23.4 Å². The van der Waals surface area contributed by atoms with Gasteiger partial charge in [-0.15, -0.1) is 11.8 Å². The number of thioether (sulfide) groups is 1. The lowest BCUT2D eigenvalue weighted by Crippen LogP contribution is -2.13. The van der Waals surface area contributed by atoms with E-state index in [0.29, 0.717) is 11.4 Å². The summed E-state index contributed by atoms with van der Waals surface area (Å²) < 4.78 is 5.54. The summed E-state index contributed by atoms with van der Waals surface area (Å²) in [5.74, 6) is 1.70. The van der Waals surface area contributed by atoms with Crippen molar-refractivity contribution in [2.75, 3.05) is 19.0 Å². The highest BCUT2D eigenvalue weighted by Gasteiger charge is 2.24. The van der Waals surface area contributed by atoms with Crippen molar-refractivity contribution >= 4 is 29.2 Å². The molecule has 5 heteroatoms. The Morgan fingerprint density at radius 3 is 3.06 bits per heavy atom. The Balaban J connectivity index is 1.98. The normalized spacial score (nSPS) is 23.9. The molecule has 1 aliphatic rings. The minimum absolute atomic E-state index is 0.339. The van der Waals surface area contributed by atoms with Crippen LogP contribution in [-0.4, -0.2) is 30.0 Å². The molecule has 0 radical (unpaired) electrons. The van der Waals surface area contributed by atoms with Gasteiger partial charge >= 0.3 is 0 Å². The first-order valence-corrected chi connectivity index (χ1v) is 7.19. The van der Waals surface area contributed by atoms with E-state index in [2.05, 4.69) is 17.2 Å². The van der Waals surface area contributed by atoms with Crippen LogP contribution in [0.25, 0.3) is 0 Å². The van der Waals surface area contributed by atoms with Crippen LogP contribution in [0, 0.1) is 0 Å². The van der Waals surface area contributed by atoms with Crippen LogP contribution in [-0.2, 0) is 10.5 Å². The van der Waals surface area contributed by atoms with Gasteiger partial charge in [0.2, 0.25) is 0 Å². The molecule has 2 atom stereocenters. The Kier molecular flexibility index (Phi) is 4.54. The predicted molar refractivity (Wildman–Crippen MR) is 73.9 cm³/mol. The molecule has 1 aromatic heterocycles. The summed E-state index contributed by atoms with van der Waals surface area (Å²) in [4.78, 5) is 4.47. The molecule has 2 rings (SSSR count). The molecule has 1 N–H and O–H groups in total. The van der Waals surface area contributed by atoms with Crippen molar-refractivity contribution < 1.29 is 4.74 Å². The molecular formula is C12H17ClN2OS. The number of aromatic nitrogens is 1. The SMILES string of the molecule is CNc1ccc(Cl)c(CSC2CCOC2C)n1. The quantitative estimate of drug-likeness (QED) is 0.913. The van der Waals surface area contributed by atoms with Gasteiger partial charge in [-0.25, -0.2) is 4.98 Å². The number of pyridine rings is 1. The molecule has 17 heavy (non-hydrogen) atoms. The van der Waals surface area contributed by atoms with Crippen molar-refractivity contribution in [3.63, 3.8) is 0 Å². The number of rotatable bonds is 4. The van der Waals surface area contributed by atoms with Gasteiger partial charge < -0.3 is 10.1 Å². The number of hydrogen-bond acceptors (Lipinski definition) is 4. The topological polar surface area (TPSA) is 34.1 Å². The van der Waals surface area contributed by atoms with Crippen LogP contribution in [0.15, 0.2) is 12.1 Å². The molecule has 2 unspecified atom stereocenters. The maximum Gasteiger partial charge on any atom is 0.126 e. The van der Waals surface area contributed by atoms with Crippen LogP contribution in [0.4, 0.5) is 5.82 Å². The molecule has 0 aromatic carbocycles. The van der Waals surface area contributed by atoms with Crippen molar-refractivity contribution in [2.24, 2.45) is 0 Å². The lowest BCUT2D eigenvalue weighted by atomic mass is 10.3. The summed E-state index contributed by atoms with van der Waals surface area (Å²) in [6.07, 6.45) is 1.46. The molecule has 1 aliphatic heterocycles. The van der Waals surface area contributed by atoms with Crippen molar-refractivity contribution in [1.29, 1.82) is 0 Å². The van der Waals surface area contributed by atoms with Crippen LogP contribution in [0.2, 0.25) is 5.02 Å². The zero-order valence-electron chi connectivity index (χ0n) is 10.1. The van der Waals surface area contributed by atoms with E-state index in [9.17, 15) is 0 Å². The lowest BCUT2D eigenvalue weighted by Gasteiger charge is -2.14. The number of ether oxygens (including phenoxy) is 1. The first-order valence-electron chi connectivity index (χ1n) is 5.77. The highest BCUT2D eigenvalue weighted by molar-refractivity contribution is 7.99. The number of halogens is 1. The van der Waals surface area contributed by atoms with Gasteiger partial charge in [-0.05, 0) is 25.5 Å². The Hall–Kier alpha value is -0.450. The maximum atomic E-state index is 6.14. The third kappa shape index (κ3) is 3.27. The van der Waals surface area contributed by atoms with Gasteiger partial charge in [0.25, 0.3) is 0 Å². The molecule has 1 fully saturated rings. The second-order valence-electron chi connectivity index (χ2n) is 4.09. The zero-order chi connectivity index (χ0) is 12.3. The molecule has 0 amide bonds. The third-order valence-electron chi connectivity index (χ3n) is 2.92. The molecule has 0 bridgehead atoms. The van der Waals surface area contributed by atoms with E-state index < -0.39 is 0 Å².